The fourth-order valence-electron chi connectivity index (χ4n) is 1.85. The number of ether oxygens (including phenoxy) is 1. The summed E-state index contributed by atoms with van der Waals surface area (Å²) in [5, 5.41) is 18.1. The number of rotatable bonds is 4. The second-order valence-corrected chi connectivity index (χ2v) is 4.02. The Balaban J connectivity index is 2.62. The zero-order valence-electron chi connectivity index (χ0n) is 9.22. The molecule has 15 heavy (non-hydrogen) atoms. The molecule has 1 aliphatic heterocycles. The molecule has 1 heterocycles. The third-order valence-corrected chi connectivity index (χ3v) is 3.12. The van der Waals surface area contributed by atoms with Crippen LogP contribution < -0.4 is 0 Å². The van der Waals surface area contributed by atoms with Gasteiger partial charge in [-0.05, 0) is 6.92 Å². The van der Waals surface area contributed by atoms with Crippen molar-refractivity contribution in [2.75, 3.05) is 26.4 Å². The Morgan fingerprint density at radius 2 is 2.27 bits per heavy atom. The maximum Gasteiger partial charge on any atom is 0.307 e. The van der Waals surface area contributed by atoms with Crippen molar-refractivity contribution in [1.29, 1.82) is 0 Å². The highest BCUT2D eigenvalue weighted by Crippen LogP contribution is 2.17. The predicted molar refractivity (Wildman–Crippen MR) is 54.7 cm³/mol. The van der Waals surface area contributed by atoms with Crippen molar-refractivity contribution in [1.82, 2.24) is 4.90 Å². The Morgan fingerprint density at radius 3 is 2.80 bits per heavy atom. The van der Waals surface area contributed by atoms with Crippen LogP contribution in [-0.2, 0) is 9.53 Å². The van der Waals surface area contributed by atoms with Gasteiger partial charge in [-0.1, -0.05) is 6.92 Å². The Hall–Kier alpha value is -0.650. The van der Waals surface area contributed by atoms with Crippen molar-refractivity contribution in [3.63, 3.8) is 0 Å². The summed E-state index contributed by atoms with van der Waals surface area (Å²) in [5.74, 6) is -1.23. The van der Waals surface area contributed by atoms with Gasteiger partial charge in [-0.15, -0.1) is 0 Å². The number of morpholine rings is 1. The molecular formula is C10H19NO4. The first-order valence-electron chi connectivity index (χ1n) is 5.25. The molecule has 5 nitrogen and oxygen atoms in total. The highest BCUT2D eigenvalue weighted by atomic mass is 16.5. The second-order valence-electron chi connectivity index (χ2n) is 4.02. The number of hydrogen-bond acceptors (Lipinski definition) is 4. The molecule has 0 saturated carbocycles. The first kappa shape index (κ1) is 12.4. The lowest BCUT2D eigenvalue weighted by Crippen LogP contribution is -2.54. The molecular weight excluding hydrogens is 198 g/mol. The van der Waals surface area contributed by atoms with Crippen LogP contribution in [-0.4, -0.2) is 59.5 Å². The molecule has 2 N–H and O–H groups in total. The molecule has 0 aromatic rings. The lowest BCUT2D eigenvalue weighted by atomic mass is 10.00. The van der Waals surface area contributed by atoms with Crippen LogP contribution in [0.25, 0.3) is 0 Å². The maximum absolute atomic E-state index is 10.9. The summed E-state index contributed by atoms with van der Waals surface area (Å²) >= 11 is 0. The van der Waals surface area contributed by atoms with E-state index in [1.165, 1.54) is 0 Å². The number of aliphatic hydroxyl groups excluding tert-OH is 1. The number of carboxylic acids is 1. The van der Waals surface area contributed by atoms with Gasteiger partial charge < -0.3 is 14.9 Å². The average Bonchev–Trinajstić information content (AvgIpc) is 2.26. The first-order chi connectivity index (χ1) is 7.07. The number of carbonyl (C=O) groups is 1. The summed E-state index contributed by atoms with van der Waals surface area (Å²) in [6.07, 6.45) is 0. The van der Waals surface area contributed by atoms with Gasteiger partial charge in [-0.3, -0.25) is 9.69 Å². The first-order valence-corrected chi connectivity index (χ1v) is 5.25. The van der Waals surface area contributed by atoms with E-state index in [9.17, 15) is 4.79 Å². The van der Waals surface area contributed by atoms with Crippen LogP contribution >= 0.6 is 0 Å². The smallest absolute Gasteiger partial charge is 0.307 e. The van der Waals surface area contributed by atoms with Gasteiger partial charge in [-0.2, -0.15) is 0 Å². The van der Waals surface area contributed by atoms with Crippen LogP contribution in [0, 0.1) is 5.92 Å². The third kappa shape index (κ3) is 2.90. The maximum atomic E-state index is 10.9. The molecule has 0 radical (unpaired) electrons. The monoisotopic (exact) mass is 217 g/mol. The van der Waals surface area contributed by atoms with Crippen LogP contribution in [0.1, 0.15) is 13.8 Å². The van der Waals surface area contributed by atoms with Crippen LogP contribution in [0.2, 0.25) is 0 Å². The molecule has 88 valence electrons. The standard InChI is InChI=1S/C10H19NO4/c1-7(10(13)14)8(2)11-3-4-15-6-9(11)5-12/h7-9,12H,3-6H2,1-2H3,(H,13,14). The minimum absolute atomic E-state index is 0.0106. The molecule has 1 aliphatic rings. The van der Waals surface area contributed by atoms with E-state index in [2.05, 4.69) is 0 Å². The average molecular weight is 217 g/mol. The van der Waals surface area contributed by atoms with Gasteiger partial charge >= 0.3 is 5.97 Å². The SMILES string of the molecule is CC(C(=O)O)C(C)N1CCOCC1CO. The van der Waals surface area contributed by atoms with Gasteiger partial charge in [0.1, 0.15) is 0 Å². The lowest BCUT2D eigenvalue weighted by Gasteiger charge is -2.40. The Bertz CT molecular complexity index is 221. The van der Waals surface area contributed by atoms with Crippen LogP contribution in [0.4, 0.5) is 0 Å². The Labute approximate surface area is 89.6 Å². The molecule has 0 spiro atoms. The molecule has 5 heteroatoms. The zero-order valence-corrected chi connectivity index (χ0v) is 9.22. The highest BCUT2D eigenvalue weighted by molar-refractivity contribution is 5.70. The van der Waals surface area contributed by atoms with Crippen LogP contribution in [0.5, 0.6) is 0 Å². The van der Waals surface area contributed by atoms with Crippen LogP contribution in [0.3, 0.4) is 0 Å². The quantitative estimate of drug-likeness (QED) is 0.682. The molecule has 0 aromatic carbocycles. The molecule has 3 atom stereocenters. The largest absolute Gasteiger partial charge is 0.481 e. The van der Waals surface area contributed by atoms with Gasteiger partial charge in [0, 0.05) is 12.6 Å². The highest BCUT2D eigenvalue weighted by Gasteiger charge is 2.31. The lowest BCUT2D eigenvalue weighted by molar-refractivity contribution is -0.145. The van der Waals surface area contributed by atoms with E-state index < -0.39 is 11.9 Å². The summed E-state index contributed by atoms with van der Waals surface area (Å²) in [6, 6.07) is -0.154. The number of aliphatic hydroxyl groups is 1. The topological polar surface area (TPSA) is 70.0 Å². The number of carboxylic acid groups (broad SMARTS) is 1. The van der Waals surface area contributed by atoms with E-state index >= 15 is 0 Å². The summed E-state index contributed by atoms with van der Waals surface area (Å²) in [6.45, 7) is 5.35. The minimum atomic E-state index is -0.800. The van der Waals surface area contributed by atoms with Crippen molar-refractivity contribution in [2.24, 2.45) is 5.92 Å². The van der Waals surface area contributed by atoms with Crippen molar-refractivity contribution >= 4 is 5.97 Å². The van der Waals surface area contributed by atoms with Gasteiger partial charge in [-0.25, -0.2) is 0 Å². The number of hydrogen-bond donors (Lipinski definition) is 2. The molecule has 0 aliphatic carbocycles. The van der Waals surface area contributed by atoms with Gasteiger partial charge in [0.05, 0.1) is 31.8 Å². The fourth-order valence-corrected chi connectivity index (χ4v) is 1.85. The third-order valence-electron chi connectivity index (χ3n) is 3.12. The van der Waals surface area contributed by atoms with Gasteiger partial charge in [0.15, 0.2) is 0 Å². The predicted octanol–water partition coefficient (Wildman–Crippen LogP) is -0.211. The van der Waals surface area contributed by atoms with E-state index in [4.69, 9.17) is 14.9 Å². The summed E-state index contributed by atoms with van der Waals surface area (Å²) < 4.78 is 5.24. The van der Waals surface area contributed by atoms with E-state index in [0.29, 0.717) is 19.8 Å². The molecule has 3 unspecified atom stereocenters. The molecule has 0 amide bonds. The number of nitrogens with zero attached hydrogens (tertiary/aromatic N) is 1. The van der Waals surface area contributed by atoms with Crippen molar-refractivity contribution in [2.45, 2.75) is 25.9 Å². The van der Waals surface area contributed by atoms with E-state index in [1.54, 1.807) is 6.92 Å². The van der Waals surface area contributed by atoms with E-state index in [-0.39, 0.29) is 18.7 Å². The van der Waals surface area contributed by atoms with E-state index in [0.717, 1.165) is 0 Å². The molecule has 1 fully saturated rings. The van der Waals surface area contributed by atoms with Crippen molar-refractivity contribution in [3.8, 4) is 0 Å². The Morgan fingerprint density at radius 1 is 1.60 bits per heavy atom. The summed E-state index contributed by atoms with van der Waals surface area (Å²) in [7, 11) is 0. The van der Waals surface area contributed by atoms with Gasteiger partial charge in [0.25, 0.3) is 0 Å². The molecule has 1 saturated heterocycles. The van der Waals surface area contributed by atoms with Crippen molar-refractivity contribution in [3.05, 3.63) is 0 Å². The van der Waals surface area contributed by atoms with E-state index in [1.807, 2.05) is 11.8 Å². The fraction of sp³-hybridized carbons (Fsp3) is 0.900. The summed E-state index contributed by atoms with van der Waals surface area (Å²) in [5.41, 5.74) is 0. The van der Waals surface area contributed by atoms with Crippen LogP contribution in [0.15, 0.2) is 0 Å². The number of aliphatic carboxylic acids is 1. The molecule has 0 bridgehead atoms. The van der Waals surface area contributed by atoms with Crippen molar-refractivity contribution < 1.29 is 19.7 Å². The van der Waals surface area contributed by atoms with Gasteiger partial charge in [0.2, 0.25) is 0 Å². The summed E-state index contributed by atoms with van der Waals surface area (Å²) in [4.78, 5) is 12.9. The minimum Gasteiger partial charge on any atom is -0.481 e. The normalized spacial score (nSPS) is 27.3. The zero-order chi connectivity index (χ0) is 11.4. The molecule has 1 rings (SSSR count). The second kappa shape index (κ2) is 5.44. The Kier molecular flexibility index (Phi) is 4.50. The molecule has 0 aromatic heterocycles.